The molecule has 0 N–H and O–H groups in total. The van der Waals surface area contributed by atoms with Crippen molar-refractivity contribution < 1.29 is 0 Å². The molecular weight excluding hydrogens is 360 g/mol. The van der Waals surface area contributed by atoms with Crippen molar-refractivity contribution in [3.8, 4) is 0 Å². The summed E-state index contributed by atoms with van der Waals surface area (Å²) in [5.41, 5.74) is 1.37. The molecule has 2 rings (SSSR count). The zero-order valence-corrected chi connectivity index (χ0v) is 13.8. The number of thiophene rings is 1. The van der Waals surface area contributed by atoms with Gasteiger partial charge in [-0.25, -0.2) is 0 Å². The van der Waals surface area contributed by atoms with E-state index >= 15 is 0 Å². The molecule has 0 spiro atoms. The maximum absolute atomic E-state index is 3.83. The van der Waals surface area contributed by atoms with Gasteiger partial charge < -0.3 is 0 Å². The fourth-order valence-electron chi connectivity index (χ4n) is 1.84. The second kappa shape index (κ2) is 5.68. The lowest BCUT2D eigenvalue weighted by Crippen LogP contribution is -2.00. The van der Waals surface area contributed by atoms with Gasteiger partial charge in [-0.2, -0.15) is 0 Å². The van der Waals surface area contributed by atoms with E-state index < -0.39 is 0 Å². The Morgan fingerprint density at radius 3 is 2.35 bits per heavy atom. The van der Waals surface area contributed by atoms with Crippen molar-refractivity contribution in [2.75, 3.05) is 0 Å². The molecule has 0 nitrogen and oxygen atoms in total. The minimum Gasteiger partial charge on any atom is -0.143 e. The summed E-state index contributed by atoms with van der Waals surface area (Å²) in [5, 5.41) is 0. The van der Waals surface area contributed by atoms with Crippen molar-refractivity contribution in [2.45, 2.75) is 24.6 Å². The first-order valence-electron chi connectivity index (χ1n) is 5.54. The van der Waals surface area contributed by atoms with Crippen LogP contribution in [0.2, 0.25) is 0 Å². The molecule has 2 atom stereocenters. The van der Waals surface area contributed by atoms with Crippen LogP contribution in [0.15, 0.2) is 40.9 Å². The molecule has 1 aromatic carbocycles. The lowest BCUT2D eigenvalue weighted by molar-refractivity contribution is 0.759. The van der Waals surface area contributed by atoms with E-state index in [9.17, 15) is 0 Å². The minimum atomic E-state index is 0.359. The summed E-state index contributed by atoms with van der Waals surface area (Å²) in [6, 6.07) is 12.8. The van der Waals surface area contributed by atoms with E-state index in [2.05, 4.69) is 82.1 Å². The van der Waals surface area contributed by atoms with Gasteiger partial charge in [0, 0.05) is 14.2 Å². The Balaban J connectivity index is 2.26. The molecule has 0 bridgehead atoms. The smallest absolute Gasteiger partial charge is 0.0566 e. The van der Waals surface area contributed by atoms with Gasteiger partial charge in [-0.05, 0) is 40.4 Å². The average molecular weight is 374 g/mol. The Morgan fingerprint density at radius 1 is 1.18 bits per heavy atom. The normalized spacial score (nSPS) is 14.6. The topological polar surface area (TPSA) is 0 Å². The molecule has 0 aliphatic carbocycles. The van der Waals surface area contributed by atoms with Crippen LogP contribution in [0.3, 0.4) is 0 Å². The number of alkyl halides is 1. The first kappa shape index (κ1) is 13.3. The average Bonchev–Trinajstić information content (AvgIpc) is 2.68. The highest BCUT2D eigenvalue weighted by atomic mass is 79.9. The van der Waals surface area contributed by atoms with E-state index in [-0.39, 0.29) is 0 Å². The van der Waals surface area contributed by atoms with Gasteiger partial charge in [-0.1, -0.05) is 53.2 Å². The summed E-state index contributed by atoms with van der Waals surface area (Å²) in [5.74, 6) is 0.463. The van der Waals surface area contributed by atoms with Gasteiger partial charge in [0.15, 0.2) is 0 Å². The molecule has 90 valence electrons. The molecule has 0 saturated heterocycles. The first-order valence-corrected chi connectivity index (χ1v) is 8.07. The third kappa shape index (κ3) is 3.01. The highest BCUT2D eigenvalue weighted by molar-refractivity contribution is 9.11. The molecule has 0 fully saturated rings. The van der Waals surface area contributed by atoms with Crippen LogP contribution < -0.4 is 0 Å². The maximum Gasteiger partial charge on any atom is 0.0566 e. The lowest BCUT2D eigenvalue weighted by atomic mass is 9.97. The Hall–Kier alpha value is -0.120. The predicted molar refractivity (Wildman–Crippen MR) is 83.3 cm³/mol. The van der Waals surface area contributed by atoms with Gasteiger partial charge >= 0.3 is 0 Å². The van der Waals surface area contributed by atoms with Crippen molar-refractivity contribution in [3.63, 3.8) is 0 Å². The number of hydrogen-bond acceptors (Lipinski definition) is 1. The molecule has 17 heavy (non-hydrogen) atoms. The number of benzene rings is 1. The first-order chi connectivity index (χ1) is 8.09. The van der Waals surface area contributed by atoms with Crippen LogP contribution in [0.4, 0.5) is 0 Å². The largest absolute Gasteiger partial charge is 0.143 e. The summed E-state index contributed by atoms with van der Waals surface area (Å²) >= 11 is 9.32. The van der Waals surface area contributed by atoms with E-state index in [4.69, 9.17) is 0 Å². The van der Waals surface area contributed by atoms with Crippen LogP contribution >= 0.6 is 43.2 Å². The molecular formula is C14H14Br2S. The van der Waals surface area contributed by atoms with Gasteiger partial charge in [0.1, 0.15) is 0 Å². The van der Waals surface area contributed by atoms with E-state index in [0.717, 1.165) is 0 Å². The van der Waals surface area contributed by atoms with Crippen LogP contribution in [-0.4, -0.2) is 0 Å². The van der Waals surface area contributed by atoms with Gasteiger partial charge in [-0.3, -0.25) is 0 Å². The number of rotatable bonds is 3. The molecule has 1 heterocycles. The summed E-state index contributed by atoms with van der Waals surface area (Å²) in [7, 11) is 0. The van der Waals surface area contributed by atoms with Gasteiger partial charge in [0.25, 0.3) is 0 Å². The third-order valence-corrected chi connectivity index (χ3v) is 6.46. The molecule has 0 radical (unpaired) electrons. The Kier molecular flexibility index (Phi) is 4.45. The Morgan fingerprint density at radius 2 is 1.82 bits per heavy atom. The SMILES string of the molecule is Cc1cc(Br)c(C(Br)C(C)c2ccccc2)s1. The quantitative estimate of drug-likeness (QED) is 0.573. The zero-order valence-electron chi connectivity index (χ0n) is 9.78. The lowest BCUT2D eigenvalue weighted by Gasteiger charge is -2.18. The van der Waals surface area contributed by atoms with Crippen molar-refractivity contribution in [1.82, 2.24) is 0 Å². The molecule has 0 saturated carbocycles. The Bertz CT molecular complexity index is 490. The molecule has 0 amide bonds. The summed E-state index contributed by atoms with van der Waals surface area (Å²) < 4.78 is 1.21. The number of halogens is 2. The van der Waals surface area contributed by atoms with Crippen LogP contribution in [0, 0.1) is 6.92 Å². The van der Waals surface area contributed by atoms with Crippen LogP contribution in [-0.2, 0) is 0 Å². The monoisotopic (exact) mass is 372 g/mol. The van der Waals surface area contributed by atoms with E-state index in [1.807, 2.05) is 11.3 Å². The summed E-state index contributed by atoms with van der Waals surface area (Å²) in [6.07, 6.45) is 0. The predicted octanol–water partition coefficient (Wildman–Crippen LogP) is 6.06. The molecule has 1 aromatic heterocycles. The number of aryl methyl sites for hydroxylation is 1. The molecule has 2 unspecified atom stereocenters. The van der Waals surface area contributed by atoms with Crippen molar-refractivity contribution in [2.24, 2.45) is 0 Å². The summed E-state index contributed by atoms with van der Waals surface area (Å²) in [6.45, 7) is 4.40. The van der Waals surface area contributed by atoms with E-state index in [1.165, 1.54) is 19.8 Å². The highest BCUT2D eigenvalue weighted by Gasteiger charge is 2.21. The molecule has 3 heteroatoms. The fourth-order valence-corrected chi connectivity index (χ4v) is 4.96. The van der Waals surface area contributed by atoms with Crippen LogP contribution in [0.5, 0.6) is 0 Å². The van der Waals surface area contributed by atoms with Crippen molar-refractivity contribution in [3.05, 3.63) is 56.2 Å². The van der Waals surface area contributed by atoms with E-state index in [1.54, 1.807) is 0 Å². The maximum atomic E-state index is 3.83. The number of hydrogen-bond donors (Lipinski definition) is 0. The standard InChI is InChI=1S/C14H14Br2S/c1-9-8-12(15)14(17-9)13(16)10(2)11-6-4-3-5-7-11/h3-8,10,13H,1-2H3. The van der Waals surface area contributed by atoms with Crippen molar-refractivity contribution in [1.29, 1.82) is 0 Å². The molecule has 2 aromatic rings. The second-order valence-electron chi connectivity index (χ2n) is 4.17. The van der Waals surface area contributed by atoms with Crippen LogP contribution in [0.1, 0.15) is 33.0 Å². The van der Waals surface area contributed by atoms with E-state index in [0.29, 0.717) is 10.7 Å². The zero-order chi connectivity index (χ0) is 12.4. The van der Waals surface area contributed by atoms with Gasteiger partial charge in [-0.15, -0.1) is 11.3 Å². The van der Waals surface area contributed by atoms with Gasteiger partial charge in [0.2, 0.25) is 0 Å². The fraction of sp³-hybridized carbons (Fsp3) is 0.286. The van der Waals surface area contributed by atoms with Crippen LogP contribution in [0.25, 0.3) is 0 Å². The molecule has 0 aliphatic heterocycles. The second-order valence-corrected chi connectivity index (χ2v) is 7.30. The third-order valence-electron chi connectivity index (χ3n) is 2.85. The van der Waals surface area contributed by atoms with Crippen molar-refractivity contribution >= 4 is 43.2 Å². The minimum absolute atomic E-state index is 0.359. The highest BCUT2D eigenvalue weighted by Crippen LogP contribution is 2.44. The Labute approximate surface area is 123 Å². The van der Waals surface area contributed by atoms with Gasteiger partial charge in [0.05, 0.1) is 4.83 Å². The summed E-state index contributed by atoms with van der Waals surface area (Å²) in [4.78, 5) is 3.08. The molecule has 0 aliphatic rings.